The average molecular weight is 283 g/mol. The van der Waals surface area contributed by atoms with Gasteiger partial charge in [-0.25, -0.2) is 0 Å². The minimum absolute atomic E-state index is 0.258. The van der Waals surface area contributed by atoms with Crippen molar-refractivity contribution in [1.82, 2.24) is 4.98 Å². The number of nitriles is 1. The van der Waals surface area contributed by atoms with E-state index < -0.39 is 0 Å². The highest BCUT2D eigenvalue weighted by molar-refractivity contribution is 5.59. The van der Waals surface area contributed by atoms with Crippen LogP contribution < -0.4 is 4.90 Å². The van der Waals surface area contributed by atoms with E-state index in [1.807, 2.05) is 36.1 Å². The maximum atomic E-state index is 9.57. The lowest BCUT2D eigenvalue weighted by molar-refractivity contribution is 0.144. The predicted octanol–water partition coefficient (Wildman–Crippen LogP) is 2.48. The average Bonchev–Trinajstić information content (AvgIpc) is 2.93. The number of aliphatic hydroxyl groups excluding tert-OH is 1. The SMILES string of the molecule is Cc1ccc(-c2nc(C#N)c(N3CCC(O)CC3)o2)cc1. The predicted molar refractivity (Wildman–Crippen MR) is 78.8 cm³/mol. The Labute approximate surface area is 123 Å². The van der Waals surface area contributed by atoms with Gasteiger partial charge in [-0.3, -0.25) is 0 Å². The number of aliphatic hydroxyl groups is 1. The summed E-state index contributed by atoms with van der Waals surface area (Å²) in [4.78, 5) is 6.27. The second kappa shape index (κ2) is 5.58. The molecule has 2 aromatic rings. The highest BCUT2D eigenvalue weighted by Crippen LogP contribution is 2.30. The number of oxazole rings is 1. The second-order valence-corrected chi connectivity index (χ2v) is 5.37. The number of hydrogen-bond donors (Lipinski definition) is 1. The Hall–Kier alpha value is -2.32. The molecular weight excluding hydrogens is 266 g/mol. The zero-order valence-corrected chi connectivity index (χ0v) is 11.9. The third-order valence-electron chi connectivity index (χ3n) is 3.77. The van der Waals surface area contributed by atoms with E-state index in [2.05, 4.69) is 11.1 Å². The highest BCUT2D eigenvalue weighted by atomic mass is 16.4. The van der Waals surface area contributed by atoms with Crippen LogP contribution in [0.25, 0.3) is 11.5 Å². The quantitative estimate of drug-likeness (QED) is 0.916. The van der Waals surface area contributed by atoms with Crippen LogP contribution >= 0.6 is 0 Å². The molecule has 1 N–H and O–H groups in total. The van der Waals surface area contributed by atoms with Gasteiger partial charge in [0.15, 0.2) is 0 Å². The van der Waals surface area contributed by atoms with Crippen LogP contribution in [-0.2, 0) is 0 Å². The first kappa shape index (κ1) is 13.7. The first-order valence-electron chi connectivity index (χ1n) is 7.08. The number of rotatable bonds is 2. The van der Waals surface area contributed by atoms with Crippen LogP contribution in [0.4, 0.5) is 5.88 Å². The molecule has 3 rings (SSSR count). The van der Waals surface area contributed by atoms with Crippen molar-refractivity contribution in [1.29, 1.82) is 5.26 Å². The lowest BCUT2D eigenvalue weighted by Gasteiger charge is -2.28. The van der Waals surface area contributed by atoms with Gasteiger partial charge in [0.2, 0.25) is 17.5 Å². The van der Waals surface area contributed by atoms with Crippen molar-refractivity contribution in [3.63, 3.8) is 0 Å². The fourth-order valence-corrected chi connectivity index (χ4v) is 2.49. The Bertz CT molecular complexity index is 662. The summed E-state index contributed by atoms with van der Waals surface area (Å²) in [6, 6.07) is 9.95. The molecule has 5 heteroatoms. The molecule has 21 heavy (non-hydrogen) atoms. The normalized spacial score (nSPS) is 16.0. The maximum absolute atomic E-state index is 9.57. The molecular formula is C16H17N3O2. The second-order valence-electron chi connectivity index (χ2n) is 5.37. The van der Waals surface area contributed by atoms with Crippen molar-refractivity contribution >= 4 is 5.88 Å². The topological polar surface area (TPSA) is 73.3 Å². The van der Waals surface area contributed by atoms with Crippen molar-refractivity contribution < 1.29 is 9.52 Å². The van der Waals surface area contributed by atoms with Gasteiger partial charge in [-0.2, -0.15) is 10.2 Å². The molecule has 1 aromatic heterocycles. The zero-order valence-electron chi connectivity index (χ0n) is 11.9. The van der Waals surface area contributed by atoms with Crippen molar-refractivity contribution in [3.05, 3.63) is 35.5 Å². The lowest BCUT2D eigenvalue weighted by atomic mass is 10.1. The molecule has 0 bridgehead atoms. The Kier molecular flexibility index (Phi) is 3.63. The summed E-state index contributed by atoms with van der Waals surface area (Å²) in [5.41, 5.74) is 2.33. The van der Waals surface area contributed by atoms with Gasteiger partial charge in [0.1, 0.15) is 6.07 Å². The van der Waals surface area contributed by atoms with Gasteiger partial charge in [0.05, 0.1) is 6.10 Å². The van der Waals surface area contributed by atoms with Crippen molar-refractivity contribution in [3.8, 4) is 17.5 Å². The highest BCUT2D eigenvalue weighted by Gasteiger charge is 2.24. The van der Waals surface area contributed by atoms with Crippen molar-refractivity contribution in [2.45, 2.75) is 25.9 Å². The minimum Gasteiger partial charge on any atom is -0.419 e. The van der Waals surface area contributed by atoms with E-state index in [-0.39, 0.29) is 6.10 Å². The first-order valence-corrected chi connectivity index (χ1v) is 7.08. The van der Waals surface area contributed by atoms with E-state index in [1.54, 1.807) is 0 Å². The monoisotopic (exact) mass is 283 g/mol. The molecule has 108 valence electrons. The minimum atomic E-state index is -0.258. The van der Waals surface area contributed by atoms with Gasteiger partial charge < -0.3 is 14.4 Å². The number of aromatic nitrogens is 1. The maximum Gasteiger partial charge on any atom is 0.235 e. The third kappa shape index (κ3) is 2.76. The number of anilines is 1. The van der Waals surface area contributed by atoms with Crippen molar-refractivity contribution in [2.75, 3.05) is 18.0 Å². The number of benzene rings is 1. The van der Waals surface area contributed by atoms with E-state index >= 15 is 0 Å². The summed E-state index contributed by atoms with van der Waals surface area (Å²) in [5.74, 6) is 0.979. The van der Waals surface area contributed by atoms with Crippen LogP contribution in [0.3, 0.4) is 0 Å². The van der Waals surface area contributed by atoms with E-state index in [9.17, 15) is 10.4 Å². The van der Waals surface area contributed by atoms with Gasteiger partial charge in [0, 0.05) is 18.7 Å². The molecule has 1 aliphatic rings. The summed E-state index contributed by atoms with van der Waals surface area (Å²) < 4.78 is 5.82. The molecule has 5 nitrogen and oxygen atoms in total. The van der Waals surface area contributed by atoms with Crippen molar-refractivity contribution in [2.24, 2.45) is 0 Å². The molecule has 0 spiro atoms. The molecule has 1 aliphatic heterocycles. The van der Waals surface area contributed by atoms with E-state index in [0.717, 1.165) is 11.1 Å². The Morgan fingerprint density at radius 3 is 2.57 bits per heavy atom. The fraction of sp³-hybridized carbons (Fsp3) is 0.375. The molecule has 1 fully saturated rings. The molecule has 1 aromatic carbocycles. The van der Waals surface area contributed by atoms with Gasteiger partial charge in [-0.1, -0.05) is 17.7 Å². The van der Waals surface area contributed by atoms with E-state index in [1.165, 1.54) is 0 Å². The summed E-state index contributed by atoms with van der Waals surface area (Å²) in [6.45, 7) is 3.38. The summed E-state index contributed by atoms with van der Waals surface area (Å²) >= 11 is 0. The first-order chi connectivity index (χ1) is 10.2. The van der Waals surface area contributed by atoms with Crippen LogP contribution in [0, 0.1) is 18.3 Å². The molecule has 0 radical (unpaired) electrons. The molecule has 1 saturated heterocycles. The summed E-state index contributed by atoms with van der Waals surface area (Å²) in [6.07, 6.45) is 1.11. The summed E-state index contributed by atoms with van der Waals surface area (Å²) in [7, 11) is 0. The molecule has 0 amide bonds. The third-order valence-corrected chi connectivity index (χ3v) is 3.77. The van der Waals surface area contributed by atoms with E-state index in [4.69, 9.17) is 4.42 Å². The molecule has 0 saturated carbocycles. The van der Waals surface area contributed by atoms with Gasteiger partial charge in [0.25, 0.3) is 0 Å². The standard InChI is InChI=1S/C16H17N3O2/c1-11-2-4-12(5-3-11)15-18-14(10-17)16(21-15)19-8-6-13(20)7-9-19/h2-5,13,20H,6-9H2,1H3. The molecule has 2 heterocycles. The Balaban J connectivity index is 1.91. The molecule has 0 unspecified atom stereocenters. The number of nitrogens with zero attached hydrogens (tertiary/aromatic N) is 3. The fourth-order valence-electron chi connectivity index (χ4n) is 2.49. The lowest BCUT2D eigenvalue weighted by Crippen LogP contribution is -2.35. The Morgan fingerprint density at radius 1 is 1.29 bits per heavy atom. The van der Waals surface area contributed by atoms with Gasteiger partial charge in [-0.05, 0) is 31.9 Å². The number of aryl methyl sites for hydroxylation is 1. The smallest absolute Gasteiger partial charge is 0.235 e. The molecule has 0 aliphatic carbocycles. The molecule has 0 atom stereocenters. The largest absolute Gasteiger partial charge is 0.419 e. The Morgan fingerprint density at radius 2 is 1.95 bits per heavy atom. The summed E-state index contributed by atoms with van der Waals surface area (Å²) in [5, 5.41) is 18.8. The van der Waals surface area contributed by atoms with Crippen LogP contribution in [0.5, 0.6) is 0 Å². The zero-order chi connectivity index (χ0) is 14.8. The van der Waals surface area contributed by atoms with Crippen LogP contribution in [0.1, 0.15) is 24.1 Å². The van der Waals surface area contributed by atoms with E-state index in [0.29, 0.717) is 43.4 Å². The number of hydrogen-bond acceptors (Lipinski definition) is 5. The van der Waals surface area contributed by atoms with Crippen LogP contribution in [0.15, 0.2) is 28.7 Å². The van der Waals surface area contributed by atoms with Crippen LogP contribution in [-0.4, -0.2) is 29.3 Å². The number of piperidine rings is 1. The van der Waals surface area contributed by atoms with Crippen LogP contribution in [0.2, 0.25) is 0 Å². The van der Waals surface area contributed by atoms with Gasteiger partial charge in [-0.15, -0.1) is 0 Å². The van der Waals surface area contributed by atoms with Gasteiger partial charge >= 0.3 is 0 Å².